The zero-order valence-electron chi connectivity index (χ0n) is 16.2. The van der Waals surface area contributed by atoms with E-state index in [2.05, 4.69) is 10.6 Å². The van der Waals surface area contributed by atoms with E-state index in [1.807, 2.05) is 56.3 Å². The molecule has 29 heavy (non-hydrogen) atoms. The summed E-state index contributed by atoms with van der Waals surface area (Å²) in [7, 11) is 0. The zero-order chi connectivity index (χ0) is 20.6. The quantitative estimate of drug-likeness (QED) is 0.508. The second-order valence-corrected chi connectivity index (χ2v) is 7.55. The topological polar surface area (TPSA) is 80.6 Å². The Morgan fingerprint density at radius 2 is 1.90 bits per heavy atom. The largest absolute Gasteiger partial charge is 0.492 e. The van der Waals surface area contributed by atoms with Crippen LogP contribution >= 0.6 is 11.8 Å². The first-order valence-electron chi connectivity index (χ1n) is 9.21. The molecule has 0 aliphatic heterocycles. The number of para-hydroxylation sites is 2. The van der Waals surface area contributed by atoms with Crippen molar-refractivity contribution in [2.24, 2.45) is 0 Å². The summed E-state index contributed by atoms with van der Waals surface area (Å²) in [6.07, 6.45) is 1.45. The number of benzene rings is 2. The second kappa shape index (κ2) is 9.84. The molecule has 0 saturated carbocycles. The number of carbonyl (C=O) groups is 2. The van der Waals surface area contributed by atoms with Crippen molar-refractivity contribution in [2.45, 2.75) is 24.0 Å². The number of hydrogen-bond acceptors (Lipinski definition) is 5. The van der Waals surface area contributed by atoms with Gasteiger partial charge in [0.25, 0.3) is 5.91 Å². The average Bonchev–Trinajstić information content (AvgIpc) is 3.25. The summed E-state index contributed by atoms with van der Waals surface area (Å²) in [6, 6.07) is 17.9. The Labute approximate surface area is 173 Å². The number of carbonyl (C=O) groups excluding carboxylic acids is 2. The molecule has 1 aromatic heterocycles. The number of nitrogens with one attached hydrogen (secondary N) is 2. The third-order valence-electron chi connectivity index (χ3n) is 3.96. The molecule has 0 bridgehead atoms. The molecule has 1 unspecified atom stereocenters. The molecule has 3 aromatic rings. The van der Waals surface area contributed by atoms with Gasteiger partial charge in [-0.25, -0.2) is 0 Å². The van der Waals surface area contributed by atoms with Gasteiger partial charge in [0.05, 0.1) is 23.8 Å². The third-order valence-corrected chi connectivity index (χ3v) is 5.06. The van der Waals surface area contributed by atoms with Gasteiger partial charge in [0.1, 0.15) is 5.75 Å². The van der Waals surface area contributed by atoms with Gasteiger partial charge in [-0.2, -0.15) is 0 Å². The Morgan fingerprint density at radius 1 is 1.07 bits per heavy atom. The smallest absolute Gasteiger partial charge is 0.291 e. The highest BCUT2D eigenvalue weighted by atomic mass is 32.2. The van der Waals surface area contributed by atoms with Crippen LogP contribution in [0.15, 0.2) is 76.2 Å². The van der Waals surface area contributed by atoms with E-state index >= 15 is 0 Å². The first-order chi connectivity index (χ1) is 14.1. The molecular formula is C22H22N2O4S. The molecule has 150 valence electrons. The van der Waals surface area contributed by atoms with Gasteiger partial charge in [0.2, 0.25) is 5.91 Å². The van der Waals surface area contributed by atoms with Crippen LogP contribution < -0.4 is 15.4 Å². The summed E-state index contributed by atoms with van der Waals surface area (Å²) in [5.41, 5.74) is 1.27. The lowest BCUT2D eigenvalue weighted by Crippen LogP contribution is -2.22. The molecule has 1 heterocycles. The number of amides is 2. The first-order valence-corrected chi connectivity index (χ1v) is 10.1. The normalized spacial score (nSPS) is 11.5. The Hall–Kier alpha value is -3.19. The molecule has 0 fully saturated rings. The number of hydrogen-bond donors (Lipinski definition) is 2. The number of rotatable bonds is 8. The summed E-state index contributed by atoms with van der Waals surface area (Å²) in [5.74, 6) is 0.426. The van der Waals surface area contributed by atoms with Crippen LogP contribution in [0.3, 0.4) is 0 Å². The fraction of sp³-hybridized carbons (Fsp3) is 0.182. The Morgan fingerprint density at radius 3 is 2.66 bits per heavy atom. The maximum absolute atomic E-state index is 12.6. The van der Waals surface area contributed by atoms with Crippen molar-refractivity contribution in [2.75, 3.05) is 17.2 Å². The van der Waals surface area contributed by atoms with Crippen molar-refractivity contribution in [1.82, 2.24) is 0 Å². The van der Waals surface area contributed by atoms with Crippen LogP contribution in [0.1, 0.15) is 24.4 Å². The summed E-state index contributed by atoms with van der Waals surface area (Å²) in [4.78, 5) is 25.6. The van der Waals surface area contributed by atoms with Gasteiger partial charge in [-0.1, -0.05) is 18.2 Å². The first kappa shape index (κ1) is 20.5. The van der Waals surface area contributed by atoms with Gasteiger partial charge < -0.3 is 19.8 Å². The summed E-state index contributed by atoms with van der Waals surface area (Å²) >= 11 is 1.40. The molecule has 0 aliphatic rings. The van der Waals surface area contributed by atoms with Crippen molar-refractivity contribution in [3.63, 3.8) is 0 Å². The molecular weight excluding hydrogens is 388 g/mol. The van der Waals surface area contributed by atoms with Gasteiger partial charge in [-0.15, -0.1) is 11.8 Å². The van der Waals surface area contributed by atoms with E-state index in [1.165, 1.54) is 18.0 Å². The van der Waals surface area contributed by atoms with Crippen LogP contribution in [-0.2, 0) is 4.79 Å². The van der Waals surface area contributed by atoms with Crippen LogP contribution in [-0.4, -0.2) is 23.7 Å². The van der Waals surface area contributed by atoms with Crippen LogP contribution in [0.5, 0.6) is 5.75 Å². The lowest BCUT2D eigenvalue weighted by molar-refractivity contribution is -0.115. The Kier molecular flexibility index (Phi) is 6.97. The SMILES string of the molecule is CCOc1ccccc1NC(=O)C(C)Sc1cccc(NC(=O)c2ccco2)c1. The monoisotopic (exact) mass is 410 g/mol. The molecule has 2 N–H and O–H groups in total. The number of ether oxygens (including phenoxy) is 1. The van der Waals surface area contributed by atoms with E-state index in [1.54, 1.807) is 18.2 Å². The van der Waals surface area contributed by atoms with Crippen molar-refractivity contribution >= 4 is 35.0 Å². The van der Waals surface area contributed by atoms with Crippen molar-refractivity contribution in [1.29, 1.82) is 0 Å². The lowest BCUT2D eigenvalue weighted by atomic mass is 10.3. The van der Waals surface area contributed by atoms with E-state index < -0.39 is 0 Å². The van der Waals surface area contributed by atoms with Crippen molar-refractivity contribution in [3.8, 4) is 5.75 Å². The minimum atomic E-state index is -0.347. The fourth-order valence-corrected chi connectivity index (χ4v) is 3.52. The van der Waals surface area contributed by atoms with E-state index in [0.29, 0.717) is 23.7 Å². The number of anilines is 2. The molecule has 3 rings (SSSR count). The molecule has 0 saturated heterocycles. The van der Waals surface area contributed by atoms with Crippen LogP contribution in [0.4, 0.5) is 11.4 Å². The second-order valence-electron chi connectivity index (χ2n) is 6.14. The summed E-state index contributed by atoms with van der Waals surface area (Å²) in [5, 5.41) is 5.35. The average molecular weight is 410 g/mol. The van der Waals surface area contributed by atoms with E-state index in [4.69, 9.17) is 9.15 Å². The number of furan rings is 1. The maximum atomic E-state index is 12.6. The van der Waals surface area contributed by atoms with E-state index in [-0.39, 0.29) is 22.8 Å². The minimum absolute atomic E-state index is 0.132. The summed E-state index contributed by atoms with van der Waals surface area (Å²) < 4.78 is 10.6. The lowest BCUT2D eigenvalue weighted by Gasteiger charge is -2.15. The summed E-state index contributed by atoms with van der Waals surface area (Å²) in [6.45, 7) is 4.25. The van der Waals surface area contributed by atoms with Crippen LogP contribution in [0, 0.1) is 0 Å². The fourth-order valence-electron chi connectivity index (χ4n) is 2.59. The predicted molar refractivity (Wildman–Crippen MR) is 115 cm³/mol. The van der Waals surface area contributed by atoms with E-state index in [0.717, 1.165) is 4.90 Å². The van der Waals surface area contributed by atoms with Gasteiger partial charge in [0.15, 0.2) is 5.76 Å². The van der Waals surface area contributed by atoms with Gasteiger partial charge >= 0.3 is 0 Å². The molecule has 1 atom stereocenters. The molecule has 0 radical (unpaired) electrons. The Balaban J connectivity index is 1.62. The molecule has 6 nitrogen and oxygen atoms in total. The number of thioether (sulfide) groups is 1. The van der Waals surface area contributed by atoms with Crippen molar-refractivity contribution in [3.05, 3.63) is 72.7 Å². The standard InChI is InChI=1S/C22H22N2O4S/c1-3-27-19-11-5-4-10-18(19)24-21(25)15(2)29-17-9-6-8-16(14-17)23-22(26)20-12-7-13-28-20/h4-15H,3H2,1-2H3,(H,23,26)(H,24,25). The molecule has 2 aromatic carbocycles. The van der Waals surface area contributed by atoms with Gasteiger partial charge in [-0.05, 0) is 56.3 Å². The highest BCUT2D eigenvalue weighted by molar-refractivity contribution is 8.00. The molecule has 7 heteroatoms. The van der Waals surface area contributed by atoms with Crippen molar-refractivity contribution < 1.29 is 18.7 Å². The molecule has 2 amide bonds. The Bertz CT molecular complexity index is 972. The highest BCUT2D eigenvalue weighted by Gasteiger charge is 2.17. The zero-order valence-corrected chi connectivity index (χ0v) is 17.0. The van der Waals surface area contributed by atoms with Crippen LogP contribution in [0.2, 0.25) is 0 Å². The molecule has 0 aliphatic carbocycles. The third kappa shape index (κ3) is 5.65. The minimum Gasteiger partial charge on any atom is -0.492 e. The highest BCUT2D eigenvalue weighted by Crippen LogP contribution is 2.29. The van der Waals surface area contributed by atoms with E-state index in [9.17, 15) is 9.59 Å². The predicted octanol–water partition coefficient (Wildman–Crippen LogP) is 5.05. The van der Waals surface area contributed by atoms with Crippen LogP contribution in [0.25, 0.3) is 0 Å². The van der Waals surface area contributed by atoms with Gasteiger partial charge in [0, 0.05) is 10.6 Å². The van der Waals surface area contributed by atoms with Gasteiger partial charge in [-0.3, -0.25) is 9.59 Å². The maximum Gasteiger partial charge on any atom is 0.291 e. The molecule has 0 spiro atoms.